The molecule has 0 fully saturated rings. The van der Waals surface area contributed by atoms with E-state index in [0.717, 1.165) is 11.3 Å². The highest BCUT2D eigenvalue weighted by molar-refractivity contribution is 5.66. The van der Waals surface area contributed by atoms with Gasteiger partial charge in [0.2, 0.25) is 0 Å². The molecule has 0 saturated carbocycles. The van der Waals surface area contributed by atoms with E-state index in [1.165, 1.54) is 0 Å². The summed E-state index contributed by atoms with van der Waals surface area (Å²) in [6.45, 7) is 0. The first-order valence-electron chi connectivity index (χ1n) is 5.70. The van der Waals surface area contributed by atoms with Crippen LogP contribution in [0.15, 0.2) is 36.8 Å². The molecule has 0 unspecified atom stereocenters. The van der Waals surface area contributed by atoms with E-state index in [4.69, 9.17) is 5.11 Å². The number of aryl methyl sites for hydroxylation is 1. The number of rotatable bonds is 5. The topological polar surface area (TPSA) is 76.0 Å². The number of nitrogens with zero attached hydrogens (tertiary/aromatic N) is 3. The van der Waals surface area contributed by atoms with Gasteiger partial charge in [-0.2, -0.15) is 0 Å². The number of hydrogen-bond donors (Lipinski definition) is 1. The Hall–Kier alpha value is -2.30. The zero-order valence-electron chi connectivity index (χ0n) is 9.78. The molecule has 1 N–H and O–H groups in total. The molecule has 0 amide bonds. The maximum absolute atomic E-state index is 10.4. The van der Waals surface area contributed by atoms with Crippen LogP contribution >= 0.6 is 0 Å². The maximum atomic E-state index is 10.4. The molecule has 0 atom stereocenters. The Morgan fingerprint density at radius 3 is 2.89 bits per heavy atom. The lowest BCUT2D eigenvalue weighted by molar-refractivity contribution is -0.137. The third-order valence-corrected chi connectivity index (χ3v) is 2.45. The normalized spacial score (nSPS) is 10.2. The van der Waals surface area contributed by atoms with Crippen molar-refractivity contribution in [3.05, 3.63) is 42.6 Å². The molecule has 0 aliphatic rings. The smallest absolute Gasteiger partial charge is 0.303 e. The third kappa shape index (κ3) is 3.35. The average Bonchev–Trinajstić information content (AvgIpc) is 2.40. The minimum absolute atomic E-state index is 0.139. The van der Waals surface area contributed by atoms with Gasteiger partial charge in [-0.15, -0.1) is 0 Å². The highest BCUT2D eigenvalue weighted by Crippen LogP contribution is 2.14. The van der Waals surface area contributed by atoms with Gasteiger partial charge in [-0.1, -0.05) is 0 Å². The second kappa shape index (κ2) is 5.86. The molecule has 0 aromatic carbocycles. The Labute approximate surface area is 105 Å². The number of carbonyl (C=O) groups is 1. The Kier molecular flexibility index (Phi) is 3.96. The minimum atomic E-state index is -0.793. The van der Waals surface area contributed by atoms with Crippen molar-refractivity contribution in [2.24, 2.45) is 0 Å². The molecule has 2 heterocycles. The van der Waals surface area contributed by atoms with E-state index >= 15 is 0 Å². The first-order valence-corrected chi connectivity index (χ1v) is 5.70. The molecular formula is C13H13N3O2. The molecule has 0 bridgehead atoms. The molecule has 2 aromatic rings. The van der Waals surface area contributed by atoms with E-state index in [9.17, 15) is 4.79 Å². The third-order valence-electron chi connectivity index (χ3n) is 2.45. The summed E-state index contributed by atoms with van der Waals surface area (Å²) in [5.74, 6) is -0.129. The SMILES string of the molecule is O=C(O)CCCc1nccc(-c2cccnc2)n1. The number of pyridine rings is 1. The summed E-state index contributed by atoms with van der Waals surface area (Å²) in [6, 6.07) is 5.59. The van der Waals surface area contributed by atoms with Crippen LogP contribution in [0.5, 0.6) is 0 Å². The molecule has 0 spiro atoms. The number of carboxylic acid groups (broad SMARTS) is 1. The number of aromatic nitrogens is 3. The number of carboxylic acids is 1. The van der Waals surface area contributed by atoms with Crippen LogP contribution in [-0.4, -0.2) is 26.0 Å². The van der Waals surface area contributed by atoms with Crippen molar-refractivity contribution in [3.63, 3.8) is 0 Å². The van der Waals surface area contributed by atoms with Gasteiger partial charge >= 0.3 is 5.97 Å². The van der Waals surface area contributed by atoms with Crippen LogP contribution in [0.2, 0.25) is 0 Å². The molecule has 0 aliphatic heterocycles. The first-order chi connectivity index (χ1) is 8.75. The van der Waals surface area contributed by atoms with E-state index in [-0.39, 0.29) is 6.42 Å². The van der Waals surface area contributed by atoms with E-state index < -0.39 is 5.97 Å². The fourth-order valence-electron chi connectivity index (χ4n) is 1.59. The molecular weight excluding hydrogens is 230 g/mol. The van der Waals surface area contributed by atoms with Gasteiger partial charge in [-0.25, -0.2) is 9.97 Å². The van der Waals surface area contributed by atoms with Crippen molar-refractivity contribution >= 4 is 5.97 Å². The van der Waals surface area contributed by atoms with Crippen LogP contribution in [0.3, 0.4) is 0 Å². The molecule has 5 nitrogen and oxygen atoms in total. The predicted octanol–water partition coefficient (Wildman–Crippen LogP) is 1.95. The zero-order chi connectivity index (χ0) is 12.8. The van der Waals surface area contributed by atoms with Crippen molar-refractivity contribution in [3.8, 4) is 11.3 Å². The molecule has 2 rings (SSSR count). The summed E-state index contributed by atoms with van der Waals surface area (Å²) < 4.78 is 0. The van der Waals surface area contributed by atoms with E-state index in [0.29, 0.717) is 18.7 Å². The molecule has 18 heavy (non-hydrogen) atoms. The Bertz CT molecular complexity index is 529. The summed E-state index contributed by atoms with van der Waals surface area (Å²) in [6.07, 6.45) is 6.39. The van der Waals surface area contributed by atoms with Gasteiger partial charge in [-0.3, -0.25) is 9.78 Å². The van der Waals surface area contributed by atoms with Crippen molar-refractivity contribution < 1.29 is 9.90 Å². The van der Waals surface area contributed by atoms with Gasteiger partial charge in [0.1, 0.15) is 5.82 Å². The minimum Gasteiger partial charge on any atom is -0.481 e. The van der Waals surface area contributed by atoms with Crippen LogP contribution in [0.4, 0.5) is 0 Å². The van der Waals surface area contributed by atoms with Gasteiger partial charge in [0.25, 0.3) is 0 Å². The molecule has 5 heteroatoms. The molecule has 0 radical (unpaired) electrons. The second-order valence-electron chi connectivity index (χ2n) is 3.85. The lowest BCUT2D eigenvalue weighted by Crippen LogP contribution is -2.00. The second-order valence-corrected chi connectivity index (χ2v) is 3.85. The van der Waals surface area contributed by atoms with Crippen LogP contribution in [-0.2, 0) is 11.2 Å². The van der Waals surface area contributed by atoms with Crippen LogP contribution in [0.25, 0.3) is 11.3 Å². The molecule has 92 valence electrons. The van der Waals surface area contributed by atoms with Gasteiger partial charge in [0.05, 0.1) is 5.69 Å². The van der Waals surface area contributed by atoms with Crippen molar-refractivity contribution in [2.75, 3.05) is 0 Å². The monoisotopic (exact) mass is 243 g/mol. The fraction of sp³-hybridized carbons (Fsp3) is 0.231. The lowest BCUT2D eigenvalue weighted by atomic mass is 10.2. The van der Waals surface area contributed by atoms with Crippen molar-refractivity contribution in [1.29, 1.82) is 0 Å². The van der Waals surface area contributed by atoms with E-state index in [2.05, 4.69) is 15.0 Å². The Morgan fingerprint density at radius 1 is 1.28 bits per heavy atom. The highest BCUT2D eigenvalue weighted by atomic mass is 16.4. The average molecular weight is 243 g/mol. The zero-order valence-corrected chi connectivity index (χ0v) is 9.78. The van der Waals surface area contributed by atoms with Crippen LogP contribution in [0, 0.1) is 0 Å². The number of hydrogen-bond acceptors (Lipinski definition) is 4. The maximum Gasteiger partial charge on any atom is 0.303 e. The van der Waals surface area contributed by atoms with E-state index in [1.54, 1.807) is 18.6 Å². The van der Waals surface area contributed by atoms with Crippen LogP contribution < -0.4 is 0 Å². The summed E-state index contributed by atoms with van der Waals surface area (Å²) >= 11 is 0. The largest absolute Gasteiger partial charge is 0.481 e. The first kappa shape index (κ1) is 12.2. The molecule has 2 aromatic heterocycles. The van der Waals surface area contributed by atoms with Gasteiger partial charge in [0, 0.05) is 37.0 Å². The Morgan fingerprint density at radius 2 is 2.17 bits per heavy atom. The summed E-state index contributed by atoms with van der Waals surface area (Å²) in [5.41, 5.74) is 1.74. The number of aliphatic carboxylic acids is 1. The fourth-order valence-corrected chi connectivity index (χ4v) is 1.59. The standard InChI is InChI=1S/C13H13N3O2/c17-13(18)5-1-4-12-15-8-6-11(16-12)10-3-2-7-14-9-10/h2-3,6-9H,1,4-5H2,(H,17,18). The van der Waals surface area contributed by atoms with Crippen molar-refractivity contribution in [1.82, 2.24) is 15.0 Å². The summed E-state index contributed by atoms with van der Waals surface area (Å²) in [5, 5.41) is 8.58. The summed E-state index contributed by atoms with van der Waals surface area (Å²) in [4.78, 5) is 23.0. The lowest BCUT2D eigenvalue weighted by Gasteiger charge is -2.02. The van der Waals surface area contributed by atoms with Crippen LogP contribution in [0.1, 0.15) is 18.7 Å². The van der Waals surface area contributed by atoms with Crippen molar-refractivity contribution in [2.45, 2.75) is 19.3 Å². The van der Waals surface area contributed by atoms with E-state index in [1.807, 2.05) is 18.2 Å². The highest BCUT2D eigenvalue weighted by Gasteiger charge is 2.03. The molecule has 0 aliphatic carbocycles. The van der Waals surface area contributed by atoms with Gasteiger partial charge in [-0.05, 0) is 24.6 Å². The molecule has 0 saturated heterocycles. The Balaban J connectivity index is 2.08. The quantitative estimate of drug-likeness (QED) is 0.868. The predicted molar refractivity (Wildman–Crippen MR) is 65.8 cm³/mol. The summed E-state index contributed by atoms with van der Waals surface area (Å²) in [7, 11) is 0. The van der Waals surface area contributed by atoms with Gasteiger partial charge in [0.15, 0.2) is 0 Å². The van der Waals surface area contributed by atoms with Gasteiger partial charge < -0.3 is 5.11 Å².